The Kier molecular flexibility index (Phi) is 5.15. The van der Waals surface area contributed by atoms with Gasteiger partial charge in [-0.2, -0.15) is 5.10 Å². The Morgan fingerprint density at radius 3 is 2.82 bits per heavy atom. The first-order valence-electron chi connectivity index (χ1n) is 5.97. The number of aryl methyl sites for hydroxylation is 1. The van der Waals surface area contributed by atoms with Crippen molar-refractivity contribution < 1.29 is 9.90 Å². The van der Waals surface area contributed by atoms with Crippen LogP contribution in [0.3, 0.4) is 0 Å². The molecule has 0 saturated heterocycles. The SMILES string of the molecule is CCC(CCO)CNC(=O)c1cnn(C)c1C. The number of aliphatic hydroxyl groups excluding tert-OH is 1. The fourth-order valence-electron chi connectivity index (χ4n) is 1.69. The number of carbonyl (C=O) groups excluding carboxylic acids is 1. The van der Waals surface area contributed by atoms with Gasteiger partial charge in [-0.1, -0.05) is 13.3 Å². The van der Waals surface area contributed by atoms with Gasteiger partial charge in [0, 0.05) is 25.9 Å². The molecule has 17 heavy (non-hydrogen) atoms. The maximum absolute atomic E-state index is 11.9. The van der Waals surface area contributed by atoms with Gasteiger partial charge in [-0.15, -0.1) is 0 Å². The van der Waals surface area contributed by atoms with Crippen LogP contribution < -0.4 is 5.32 Å². The van der Waals surface area contributed by atoms with Crippen molar-refractivity contribution in [3.05, 3.63) is 17.5 Å². The quantitative estimate of drug-likeness (QED) is 0.774. The molecule has 5 nitrogen and oxygen atoms in total. The summed E-state index contributed by atoms with van der Waals surface area (Å²) in [6.07, 6.45) is 3.26. The monoisotopic (exact) mass is 239 g/mol. The highest BCUT2D eigenvalue weighted by Gasteiger charge is 2.14. The minimum absolute atomic E-state index is 0.0908. The van der Waals surface area contributed by atoms with E-state index >= 15 is 0 Å². The molecule has 0 saturated carbocycles. The molecule has 1 unspecified atom stereocenters. The van der Waals surface area contributed by atoms with Gasteiger partial charge in [0.1, 0.15) is 0 Å². The third kappa shape index (κ3) is 3.56. The summed E-state index contributed by atoms with van der Waals surface area (Å²) in [7, 11) is 1.81. The summed E-state index contributed by atoms with van der Waals surface area (Å²) in [5.74, 6) is 0.243. The predicted octanol–water partition coefficient (Wildman–Crippen LogP) is 0.867. The largest absolute Gasteiger partial charge is 0.396 e. The molecule has 5 heteroatoms. The van der Waals surface area contributed by atoms with Gasteiger partial charge < -0.3 is 10.4 Å². The van der Waals surface area contributed by atoms with E-state index in [1.54, 1.807) is 10.9 Å². The standard InChI is InChI=1S/C12H21N3O2/c1-4-10(5-6-16)7-13-12(17)11-8-14-15(3)9(11)2/h8,10,16H,4-7H2,1-3H3,(H,13,17). The normalized spacial score (nSPS) is 12.5. The molecule has 0 aliphatic rings. The molecule has 0 aliphatic heterocycles. The Morgan fingerprint density at radius 2 is 2.35 bits per heavy atom. The number of amides is 1. The summed E-state index contributed by atoms with van der Waals surface area (Å²) < 4.78 is 1.68. The Hall–Kier alpha value is -1.36. The summed E-state index contributed by atoms with van der Waals surface area (Å²) in [6, 6.07) is 0. The van der Waals surface area contributed by atoms with Crippen molar-refractivity contribution in [2.45, 2.75) is 26.7 Å². The van der Waals surface area contributed by atoms with E-state index in [1.165, 1.54) is 0 Å². The van der Waals surface area contributed by atoms with Gasteiger partial charge in [-0.3, -0.25) is 9.48 Å². The second kappa shape index (κ2) is 6.39. The first-order chi connectivity index (χ1) is 8.10. The molecule has 1 heterocycles. The van der Waals surface area contributed by atoms with Crippen LogP contribution in [0, 0.1) is 12.8 Å². The molecule has 96 valence electrons. The van der Waals surface area contributed by atoms with E-state index in [2.05, 4.69) is 17.3 Å². The van der Waals surface area contributed by atoms with Crippen molar-refractivity contribution in [2.75, 3.05) is 13.2 Å². The van der Waals surface area contributed by atoms with Gasteiger partial charge in [-0.05, 0) is 19.3 Å². The minimum Gasteiger partial charge on any atom is -0.396 e. The first-order valence-corrected chi connectivity index (χ1v) is 5.97. The average molecular weight is 239 g/mol. The Labute approximate surface area is 102 Å². The number of carbonyl (C=O) groups is 1. The van der Waals surface area contributed by atoms with E-state index in [1.807, 2.05) is 14.0 Å². The van der Waals surface area contributed by atoms with E-state index < -0.39 is 0 Å². The molecule has 0 bridgehead atoms. The maximum Gasteiger partial charge on any atom is 0.254 e. The van der Waals surface area contributed by atoms with Crippen molar-refractivity contribution in [1.29, 1.82) is 0 Å². The zero-order valence-corrected chi connectivity index (χ0v) is 10.7. The third-order valence-electron chi connectivity index (χ3n) is 3.15. The van der Waals surface area contributed by atoms with Crippen LogP contribution >= 0.6 is 0 Å². The fourth-order valence-corrected chi connectivity index (χ4v) is 1.69. The minimum atomic E-state index is -0.0908. The van der Waals surface area contributed by atoms with Gasteiger partial charge in [0.25, 0.3) is 5.91 Å². The summed E-state index contributed by atoms with van der Waals surface area (Å²) in [4.78, 5) is 11.9. The lowest BCUT2D eigenvalue weighted by atomic mass is 10.0. The zero-order valence-electron chi connectivity index (χ0n) is 10.7. The third-order valence-corrected chi connectivity index (χ3v) is 3.15. The number of nitrogens with one attached hydrogen (secondary N) is 1. The highest BCUT2D eigenvalue weighted by molar-refractivity contribution is 5.94. The zero-order chi connectivity index (χ0) is 12.8. The van der Waals surface area contributed by atoms with Crippen LogP contribution in [0.4, 0.5) is 0 Å². The van der Waals surface area contributed by atoms with Crippen LogP contribution in [0.5, 0.6) is 0 Å². The lowest BCUT2D eigenvalue weighted by molar-refractivity contribution is 0.0943. The number of hydrogen-bond donors (Lipinski definition) is 2. The summed E-state index contributed by atoms with van der Waals surface area (Å²) in [5, 5.41) is 15.8. The van der Waals surface area contributed by atoms with E-state index in [-0.39, 0.29) is 12.5 Å². The lowest BCUT2D eigenvalue weighted by Gasteiger charge is -2.14. The highest BCUT2D eigenvalue weighted by atomic mass is 16.3. The number of aliphatic hydroxyl groups is 1. The van der Waals surface area contributed by atoms with Crippen LogP contribution in [0.15, 0.2) is 6.20 Å². The molecule has 1 aromatic heterocycles. The fraction of sp³-hybridized carbons (Fsp3) is 0.667. The second-order valence-corrected chi connectivity index (χ2v) is 4.26. The summed E-state index contributed by atoms with van der Waals surface area (Å²) in [5.41, 5.74) is 1.48. The molecule has 2 N–H and O–H groups in total. The summed E-state index contributed by atoms with van der Waals surface area (Å²) in [6.45, 7) is 4.69. The molecular formula is C12H21N3O2. The van der Waals surface area contributed by atoms with Crippen molar-refractivity contribution in [2.24, 2.45) is 13.0 Å². The maximum atomic E-state index is 11.9. The molecule has 0 aliphatic carbocycles. The average Bonchev–Trinajstić information content (AvgIpc) is 2.65. The number of hydrogen-bond acceptors (Lipinski definition) is 3. The van der Waals surface area contributed by atoms with Gasteiger partial charge in [0.2, 0.25) is 0 Å². The van der Waals surface area contributed by atoms with Crippen LogP contribution in [-0.2, 0) is 7.05 Å². The van der Waals surface area contributed by atoms with Crippen molar-refractivity contribution in [1.82, 2.24) is 15.1 Å². The Bertz CT molecular complexity index is 374. The second-order valence-electron chi connectivity index (χ2n) is 4.26. The van der Waals surface area contributed by atoms with Crippen molar-refractivity contribution in [3.63, 3.8) is 0 Å². The molecule has 1 rings (SSSR count). The Balaban J connectivity index is 2.52. The molecular weight excluding hydrogens is 218 g/mol. The molecule has 0 radical (unpaired) electrons. The van der Waals surface area contributed by atoms with Crippen LogP contribution in [0.2, 0.25) is 0 Å². The van der Waals surface area contributed by atoms with E-state index in [9.17, 15) is 4.79 Å². The smallest absolute Gasteiger partial charge is 0.254 e. The highest BCUT2D eigenvalue weighted by Crippen LogP contribution is 2.08. The lowest BCUT2D eigenvalue weighted by Crippen LogP contribution is -2.29. The predicted molar refractivity (Wildman–Crippen MR) is 65.8 cm³/mol. The molecule has 1 atom stereocenters. The van der Waals surface area contributed by atoms with Gasteiger partial charge in [-0.25, -0.2) is 0 Å². The van der Waals surface area contributed by atoms with Gasteiger partial charge in [0.15, 0.2) is 0 Å². The van der Waals surface area contributed by atoms with E-state index in [4.69, 9.17) is 5.11 Å². The van der Waals surface area contributed by atoms with Crippen LogP contribution in [0.1, 0.15) is 35.8 Å². The molecule has 1 amide bonds. The molecule has 0 spiro atoms. The summed E-state index contributed by atoms with van der Waals surface area (Å²) >= 11 is 0. The van der Waals surface area contributed by atoms with Crippen molar-refractivity contribution >= 4 is 5.91 Å². The number of nitrogens with zero attached hydrogens (tertiary/aromatic N) is 2. The Morgan fingerprint density at radius 1 is 1.65 bits per heavy atom. The van der Waals surface area contributed by atoms with E-state index in [0.717, 1.165) is 18.5 Å². The topological polar surface area (TPSA) is 67.2 Å². The van der Waals surface area contributed by atoms with E-state index in [0.29, 0.717) is 18.0 Å². The number of aromatic nitrogens is 2. The molecule has 0 aromatic carbocycles. The molecule has 0 fully saturated rings. The van der Waals surface area contributed by atoms with Crippen molar-refractivity contribution in [3.8, 4) is 0 Å². The number of rotatable bonds is 6. The molecule has 1 aromatic rings. The van der Waals surface area contributed by atoms with Crippen LogP contribution in [0.25, 0.3) is 0 Å². The first kappa shape index (κ1) is 13.7. The van der Waals surface area contributed by atoms with Gasteiger partial charge >= 0.3 is 0 Å². The van der Waals surface area contributed by atoms with Crippen LogP contribution in [-0.4, -0.2) is 33.9 Å². The van der Waals surface area contributed by atoms with Gasteiger partial charge in [0.05, 0.1) is 11.8 Å².